The van der Waals surface area contributed by atoms with E-state index in [0.29, 0.717) is 12.3 Å². The van der Waals surface area contributed by atoms with Crippen LogP contribution in [-0.4, -0.2) is 22.9 Å². The second-order valence-corrected chi connectivity index (χ2v) is 4.91. The zero-order valence-corrected chi connectivity index (χ0v) is 9.78. The Morgan fingerprint density at radius 3 is 2.47 bits per heavy atom. The lowest BCUT2D eigenvalue weighted by Gasteiger charge is -2.28. The van der Waals surface area contributed by atoms with Crippen LogP contribution in [-0.2, 0) is 0 Å². The number of rotatable bonds is 5. The van der Waals surface area contributed by atoms with Crippen LogP contribution in [0.1, 0.15) is 45.4 Å². The maximum atomic E-state index is 10.0. The van der Waals surface area contributed by atoms with Crippen molar-refractivity contribution >= 4 is 0 Å². The fraction of sp³-hybridized carbons (Fsp3) is 0.846. The van der Waals surface area contributed by atoms with Crippen LogP contribution in [0.25, 0.3) is 0 Å². The number of aliphatic hydroxyl groups is 2. The normalized spacial score (nSPS) is 22.3. The molecule has 1 aliphatic rings. The van der Waals surface area contributed by atoms with Crippen molar-refractivity contribution in [3.8, 4) is 0 Å². The molecule has 2 N–H and O–H groups in total. The fourth-order valence-corrected chi connectivity index (χ4v) is 2.28. The summed E-state index contributed by atoms with van der Waals surface area (Å²) in [7, 11) is 0. The van der Waals surface area contributed by atoms with Gasteiger partial charge in [-0.25, -0.2) is 0 Å². The first-order chi connectivity index (χ1) is 7.15. The van der Waals surface area contributed by atoms with E-state index < -0.39 is 0 Å². The average Bonchev–Trinajstić information content (AvgIpc) is 2.29. The summed E-state index contributed by atoms with van der Waals surface area (Å²) in [5.41, 5.74) is 0.982. The molecule has 1 aliphatic carbocycles. The Labute approximate surface area is 93.0 Å². The lowest BCUT2D eigenvalue weighted by molar-refractivity contribution is 0.0819. The smallest absolute Gasteiger partial charge is 0.0605 e. The summed E-state index contributed by atoms with van der Waals surface area (Å²) < 4.78 is 0. The molecular weight excluding hydrogens is 188 g/mol. The standard InChI is InChI=1S/C13H24O2/c1-10(11(2)9-14)8-13(15)12-6-4-3-5-7-12/h11-15H,1,3-9H2,2H3/t11-,13+/m1/s1. The Kier molecular flexibility index (Phi) is 5.34. The SMILES string of the molecule is C=C(C[C@H](O)C1CCCCC1)[C@H](C)CO. The second-order valence-electron chi connectivity index (χ2n) is 4.91. The highest BCUT2D eigenvalue weighted by molar-refractivity contribution is 5.01. The first-order valence-electron chi connectivity index (χ1n) is 6.11. The van der Waals surface area contributed by atoms with Gasteiger partial charge in [0.15, 0.2) is 0 Å². The van der Waals surface area contributed by atoms with Crippen LogP contribution in [0.15, 0.2) is 12.2 Å². The highest BCUT2D eigenvalue weighted by Crippen LogP contribution is 2.29. The van der Waals surface area contributed by atoms with Crippen LogP contribution in [0.3, 0.4) is 0 Å². The Bertz CT molecular complexity index is 195. The highest BCUT2D eigenvalue weighted by Gasteiger charge is 2.22. The van der Waals surface area contributed by atoms with Crippen molar-refractivity contribution in [2.24, 2.45) is 11.8 Å². The van der Waals surface area contributed by atoms with Gasteiger partial charge in [0.1, 0.15) is 0 Å². The second kappa shape index (κ2) is 6.29. The molecule has 1 rings (SSSR count). The van der Waals surface area contributed by atoms with Crippen molar-refractivity contribution in [3.05, 3.63) is 12.2 Å². The third-order valence-corrected chi connectivity index (χ3v) is 3.64. The fourth-order valence-electron chi connectivity index (χ4n) is 2.28. The summed E-state index contributed by atoms with van der Waals surface area (Å²) in [5.74, 6) is 0.574. The molecule has 0 aromatic heterocycles. The lowest BCUT2D eigenvalue weighted by Crippen LogP contribution is -2.24. The van der Waals surface area contributed by atoms with E-state index in [4.69, 9.17) is 5.11 Å². The van der Waals surface area contributed by atoms with Gasteiger partial charge in [0.2, 0.25) is 0 Å². The quantitative estimate of drug-likeness (QED) is 0.687. The van der Waals surface area contributed by atoms with Crippen molar-refractivity contribution in [3.63, 3.8) is 0 Å². The van der Waals surface area contributed by atoms with Crippen LogP contribution >= 0.6 is 0 Å². The maximum absolute atomic E-state index is 10.0. The molecule has 0 amide bonds. The van der Waals surface area contributed by atoms with Gasteiger partial charge in [-0.3, -0.25) is 0 Å². The molecule has 2 atom stereocenters. The average molecular weight is 212 g/mol. The Morgan fingerprint density at radius 1 is 1.33 bits per heavy atom. The van der Waals surface area contributed by atoms with Crippen LogP contribution in [0.2, 0.25) is 0 Å². The Hall–Kier alpha value is -0.340. The van der Waals surface area contributed by atoms with Gasteiger partial charge >= 0.3 is 0 Å². The highest BCUT2D eigenvalue weighted by atomic mass is 16.3. The van der Waals surface area contributed by atoms with Gasteiger partial charge in [0, 0.05) is 6.61 Å². The topological polar surface area (TPSA) is 40.5 Å². The summed E-state index contributed by atoms with van der Waals surface area (Å²) in [6, 6.07) is 0. The summed E-state index contributed by atoms with van der Waals surface area (Å²) >= 11 is 0. The minimum atomic E-state index is -0.244. The van der Waals surface area contributed by atoms with Crippen LogP contribution in [0.4, 0.5) is 0 Å². The monoisotopic (exact) mass is 212 g/mol. The zero-order chi connectivity index (χ0) is 11.3. The van der Waals surface area contributed by atoms with E-state index in [1.54, 1.807) is 0 Å². The molecule has 15 heavy (non-hydrogen) atoms. The molecule has 1 fully saturated rings. The first kappa shape index (κ1) is 12.7. The molecule has 0 bridgehead atoms. The zero-order valence-electron chi connectivity index (χ0n) is 9.78. The summed E-state index contributed by atoms with van der Waals surface area (Å²) in [4.78, 5) is 0. The van der Waals surface area contributed by atoms with Gasteiger partial charge in [-0.15, -0.1) is 0 Å². The molecule has 2 heteroatoms. The molecule has 0 unspecified atom stereocenters. The van der Waals surface area contributed by atoms with Crippen LogP contribution in [0, 0.1) is 11.8 Å². The molecule has 0 saturated heterocycles. The van der Waals surface area contributed by atoms with E-state index in [1.165, 1.54) is 19.3 Å². The van der Waals surface area contributed by atoms with Crippen molar-refractivity contribution < 1.29 is 10.2 Å². The van der Waals surface area contributed by atoms with Gasteiger partial charge < -0.3 is 10.2 Å². The molecule has 0 aliphatic heterocycles. The molecule has 0 aromatic carbocycles. The Morgan fingerprint density at radius 2 is 1.93 bits per heavy atom. The molecule has 0 aromatic rings. The number of hydrogen-bond acceptors (Lipinski definition) is 2. The van der Waals surface area contributed by atoms with Crippen LogP contribution < -0.4 is 0 Å². The molecule has 2 nitrogen and oxygen atoms in total. The van der Waals surface area contributed by atoms with Gasteiger partial charge in [-0.05, 0) is 31.1 Å². The van der Waals surface area contributed by atoms with Crippen molar-refractivity contribution in [2.45, 2.75) is 51.6 Å². The molecular formula is C13H24O2. The largest absolute Gasteiger partial charge is 0.396 e. The van der Waals surface area contributed by atoms with Crippen molar-refractivity contribution in [2.75, 3.05) is 6.61 Å². The van der Waals surface area contributed by atoms with Gasteiger partial charge in [-0.1, -0.05) is 38.3 Å². The van der Waals surface area contributed by atoms with E-state index >= 15 is 0 Å². The van der Waals surface area contributed by atoms with Gasteiger partial charge in [0.25, 0.3) is 0 Å². The van der Waals surface area contributed by atoms with Gasteiger partial charge in [0.05, 0.1) is 6.10 Å². The summed E-state index contributed by atoms with van der Waals surface area (Å²) in [6.45, 7) is 6.03. The summed E-state index contributed by atoms with van der Waals surface area (Å²) in [5, 5.41) is 19.0. The molecule has 1 saturated carbocycles. The lowest BCUT2D eigenvalue weighted by atomic mass is 9.82. The predicted octanol–water partition coefficient (Wildman–Crippen LogP) is 2.50. The van der Waals surface area contributed by atoms with E-state index in [0.717, 1.165) is 18.4 Å². The third kappa shape index (κ3) is 3.96. The minimum absolute atomic E-state index is 0.114. The number of aliphatic hydroxyl groups excluding tert-OH is 2. The third-order valence-electron chi connectivity index (χ3n) is 3.64. The van der Waals surface area contributed by atoms with Crippen molar-refractivity contribution in [1.29, 1.82) is 0 Å². The number of hydrogen-bond donors (Lipinski definition) is 2. The van der Waals surface area contributed by atoms with E-state index in [2.05, 4.69) is 6.58 Å². The van der Waals surface area contributed by atoms with Crippen molar-refractivity contribution in [1.82, 2.24) is 0 Å². The van der Waals surface area contributed by atoms with E-state index in [9.17, 15) is 5.11 Å². The van der Waals surface area contributed by atoms with Gasteiger partial charge in [-0.2, -0.15) is 0 Å². The van der Waals surface area contributed by atoms with E-state index in [-0.39, 0.29) is 18.6 Å². The van der Waals surface area contributed by atoms with Crippen LogP contribution in [0.5, 0.6) is 0 Å². The molecule has 88 valence electrons. The molecule has 0 spiro atoms. The maximum Gasteiger partial charge on any atom is 0.0605 e. The molecule has 0 radical (unpaired) electrons. The summed E-state index contributed by atoms with van der Waals surface area (Å²) in [6.07, 6.45) is 6.55. The Balaban J connectivity index is 2.33. The predicted molar refractivity (Wildman–Crippen MR) is 62.6 cm³/mol. The van der Waals surface area contributed by atoms with E-state index in [1.807, 2.05) is 6.92 Å². The molecule has 0 heterocycles. The first-order valence-corrected chi connectivity index (χ1v) is 6.11. The minimum Gasteiger partial charge on any atom is -0.396 e.